The predicted molar refractivity (Wildman–Crippen MR) is 95.8 cm³/mol. The summed E-state index contributed by atoms with van der Waals surface area (Å²) in [5, 5.41) is 9.78. The number of benzene rings is 2. The lowest BCUT2D eigenvalue weighted by atomic mass is 10.1. The molecule has 3 aromatic rings. The average Bonchev–Trinajstić information content (AvgIpc) is 2.67. The van der Waals surface area contributed by atoms with E-state index in [-0.39, 0.29) is 17.4 Å². The molecule has 3 rings (SSSR count). The van der Waals surface area contributed by atoms with Gasteiger partial charge < -0.3 is 0 Å². The Kier molecular flexibility index (Phi) is 5.22. The molecule has 0 atom stereocenters. The molecule has 0 spiro atoms. The van der Waals surface area contributed by atoms with Crippen molar-refractivity contribution < 1.29 is 9.18 Å². The molecule has 0 fully saturated rings. The van der Waals surface area contributed by atoms with Crippen LogP contribution in [-0.2, 0) is 0 Å². The molecular formula is C20H13FN2OS. The fraction of sp³-hybridized carbons (Fsp3) is 0.0500. The maximum Gasteiger partial charge on any atom is 0.173 e. The number of halogens is 1. The van der Waals surface area contributed by atoms with E-state index in [4.69, 9.17) is 0 Å². The van der Waals surface area contributed by atoms with Gasteiger partial charge >= 0.3 is 0 Å². The molecular weight excluding hydrogens is 335 g/mol. The highest BCUT2D eigenvalue weighted by Gasteiger charge is 2.12. The van der Waals surface area contributed by atoms with Crippen LogP contribution in [0.1, 0.15) is 15.9 Å². The maximum atomic E-state index is 12.9. The number of nitriles is 1. The lowest BCUT2D eigenvalue weighted by Gasteiger charge is -2.07. The van der Waals surface area contributed by atoms with Crippen molar-refractivity contribution in [2.75, 3.05) is 5.75 Å². The second-order valence-electron chi connectivity index (χ2n) is 5.25. The number of rotatable bonds is 5. The first-order valence-corrected chi connectivity index (χ1v) is 8.54. The van der Waals surface area contributed by atoms with E-state index < -0.39 is 0 Å². The predicted octanol–water partition coefficient (Wildman–Crippen LogP) is 4.73. The number of Topliss-reactive ketones (excluding diaryl/α,β-unsaturated/α-hetero) is 1. The summed E-state index contributed by atoms with van der Waals surface area (Å²) in [6.07, 6.45) is 0. The van der Waals surface area contributed by atoms with Gasteiger partial charge in [0.2, 0.25) is 0 Å². The molecule has 0 aliphatic rings. The fourth-order valence-electron chi connectivity index (χ4n) is 2.26. The second-order valence-corrected chi connectivity index (χ2v) is 6.21. The first-order valence-electron chi connectivity index (χ1n) is 7.55. The molecule has 0 unspecified atom stereocenters. The average molecular weight is 348 g/mol. The molecule has 1 aromatic heterocycles. The maximum absolute atomic E-state index is 12.9. The summed E-state index contributed by atoms with van der Waals surface area (Å²) in [4.78, 5) is 16.8. The van der Waals surface area contributed by atoms with Crippen LogP contribution in [0.5, 0.6) is 0 Å². The Morgan fingerprint density at radius 3 is 2.44 bits per heavy atom. The lowest BCUT2D eigenvalue weighted by Crippen LogP contribution is -2.03. The van der Waals surface area contributed by atoms with Crippen molar-refractivity contribution in [1.82, 2.24) is 4.98 Å². The Hall–Kier alpha value is -2.97. The molecule has 122 valence electrons. The second kappa shape index (κ2) is 7.73. The number of pyridine rings is 1. The fourth-order valence-corrected chi connectivity index (χ4v) is 3.12. The normalized spacial score (nSPS) is 10.2. The minimum absolute atomic E-state index is 0.131. The highest BCUT2D eigenvalue weighted by molar-refractivity contribution is 8.00. The van der Waals surface area contributed by atoms with Crippen LogP contribution in [0.15, 0.2) is 71.8 Å². The summed E-state index contributed by atoms with van der Waals surface area (Å²) in [7, 11) is 0. The summed E-state index contributed by atoms with van der Waals surface area (Å²) in [5.74, 6) is -0.389. The summed E-state index contributed by atoms with van der Waals surface area (Å²) in [6, 6.07) is 20.7. The van der Waals surface area contributed by atoms with Crippen LogP contribution in [0, 0.1) is 17.1 Å². The van der Waals surface area contributed by atoms with Gasteiger partial charge in [-0.3, -0.25) is 4.79 Å². The Balaban J connectivity index is 1.80. The molecule has 0 N–H and O–H groups in total. The van der Waals surface area contributed by atoms with E-state index in [2.05, 4.69) is 11.1 Å². The number of carbonyl (C=O) groups excluding carboxylic acids is 1. The van der Waals surface area contributed by atoms with E-state index in [1.807, 2.05) is 30.3 Å². The number of carbonyl (C=O) groups is 1. The van der Waals surface area contributed by atoms with Gasteiger partial charge in [0.25, 0.3) is 0 Å². The van der Waals surface area contributed by atoms with Crippen LogP contribution in [0.25, 0.3) is 11.3 Å². The monoisotopic (exact) mass is 348 g/mol. The van der Waals surface area contributed by atoms with E-state index >= 15 is 0 Å². The van der Waals surface area contributed by atoms with E-state index in [9.17, 15) is 14.4 Å². The topological polar surface area (TPSA) is 53.8 Å². The van der Waals surface area contributed by atoms with Crippen molar-refractivity contribution in [2.24, 2.45) is 0 Å². The van der Waals surface area contributed by atoms with Crippen molar-refractivity contribution in [2.45, 2.75) is 5.03 Å². The van der Waals surface area contributed by atoms with Crippen LogP contribution in [0.2, 0.25) is 0 Å². The van der Waals surface area contributed by atoms with Gasteiger partial charge in [-0.25, -0.2) is 9.37 Å². The molecule has 0 radical (unpaired) electrons. The summed E-state index contributed by atoms with van der Waals surface area (Å²) in [6.45, 7) is 0. The van der Waals surface area contributed by atoms with Gasteiger partial charge in [0.05, 0.1) is 17.0 Å². The van der Waals surface area contributed by atoms with Gasteiger partial charge in [0.15, 0.2) is 5.78 Å². The number of thioether (sulfide) groups is 1. The summed E-state index contributed by atoms with van der Waals surface area (Å²) in [5.41, 5.74) is 2.55. The van der Waals surface area contributed by atoms with E-state index in [1.165, 1.54) is 36.0 Å². The van der Waals surface area contributed by atoms with Crippen molar-refractivity contribution in [1.29, 1.82) is 5.26 Å². The van der Waals surface area contributed by atoms with Crippen LogP contribution in [0.3, 0.4) is 0 Å². The molecule has 1 heterocycles. The van der Waals surface area contributed by atoms with E-state index in [0.717, 1.165) is 11.3 Å². The Bertz CT molecular complexity index is 934. The van der Waals surface area contributed by atoms with Crippen LogP contribution in [0.4, 0.5) is 4.39 Å². The summed E-state index contributed by atoms with van der Waals surface area (Å²) < 4.78 is 12.9. The minimum atomic E-state index is -0.381. The molecule has 0 aliphatic heterocycles. The zero-order chi connectivity index (χ0) is 17.6. The van der Waals surface area contributed by atoms with Gasteiger partial charge in [-0.15, -0.1) is 0 Å². The zero-order valence-electron chi connectivity index (χ0n) is 13.1. The Labute approximate surface area is 149 Å². The van der Waals surface area contributed by atoms with Crippen LogP contribution < -0.4 is 0 Å². The highest BCUT2D eigenvalue weighted by atomic mass is 32.2. The van der Waals surface area contributed by atoms with Gasteiger partial charge in [-0.1, -0.05) is 42.1 Å². The van der Waals surface area contributed by atoms with Gasteiger partial charge in [0, 0.05) is 11.1 Å². The van der Waals surface area contributed by atoms with Gasteiger partial charge in [-0.05, 0) is 36.4 Å². The minimum Gasteiger partial charge on any atom is -0.293 e. The molecule has 0 saturated carbocycles. The highest BCUT2D eigenvalue weighted by Crippen LogP contribution is 2.25. The largest absolute Gasteiger partial charge is 0.293 e. The SMILES string of the molecule is N#Cc1ccc(-c2ccccc2)nc1SCC(=O)c1ccc(F)cc1. The Morgan fingerprint density at radius 2 is 1.76 bits per heavy atom. The number of nitrogens with zero attached hydrogens (tertiary/aromatic N) is 2. The van der Waals surface area contributed by atoms with Gasteiger partial charge in [0.1, 0.15) is 16.9 Å². The van der Waals surface area contributed by atoms with Crippen molar-refractivity contribution in [3.8, 4) is 17.3 Å². The molecule has 2 aromatic carbocycles. The van der Waals surface area contributed by atoms with Crippen LogP contribution >= 0.6 is 11.8 Å². The summed E-state index contributed by atoms with van der Waals surface area (Å²) >= 11 is 1.21. The molecule has 5 heteroatoms. The number of ketones is 1. The van der Waals surface area contributed by atoms with E-state index in [1.54, 1.807) is 12.1 Å². The Morgan fingerprint density at radius 1 is 1.04 bits per heavy atom. The number of hydrogen-bond donors (Lipinski definition) is 0. The van der Waals surface area contributed by atoms with Gasteiger partial charge in [-0.2, -0.15) is 5.26 Å². The number of hydrogen-bond acceptors (Lipinski definition) is 4. The first-order chi connectivity index (χ1) is 12.2. The first kappa shape index (κ1) is 16.9. The van der Waals surface area contributed by atoms with Crippen molar-refractivity contribution in [3.63, 3.8) is 0 Å². The molecule has 3 nitrogen and oxygen atoms in total. The van der Waals surface area contributed by atoms with Crippen molar-refractivity contribution >= 4 is 17.5 Å². The van der Waals surface area contributed by atoms with E-state index in [0.29, 0.717) is 16.2 Å². The smallest absolute Gasteiger partial charge is 0.173 e. The molecule has 25 heavy (non-hydrogen) atoms. The van der Waals surface area contributed by atoms with Crippen molar-refractivity contribution in [3.05, 3.63) is 83.7 Å². The molecule has 0 saturated heterocycles. The number of aromatic nitrogens is 1. The third-order valence-electron chi connectivity index (χ3n) is 3.56. The molecule has 0 amide bonds. The third kappa shape index (κ3) is 4.11. The quantitative estimate of drug-likeness (QED) is 0.494. The third-order valence-corrected chi connectivity index (χ3v) is 4.55. The standard InChI is InChI=1S/C20H13FN2OS/c21-17-9-6-15(7-10-17)19(24)13-25-20-16(12-22)8-11-18(23-20)14-4-2-1-3-5-14/h1-11H,13H2. The van der Waals surface area contributed by atoms with Crippen LogP contribution in [-0.4, -0.2) is 16.5 Å². The zero-order valence-corrected chi connectivity index (χ0v) is 14.0. The molecule has 0 aliphatic carbocycles. The molecule has 0 bridgehead atoms. The lowest BCUT2D eigenvalue weighted by molar-refractivity contribution is 0.102.